The summed E-state index contributed by atoms with van der Waals surface area (Å²) in [6.45, 7) is 6.90. The van der Waals surface area contributed by atoms with Crippen molar-refractivity contribution in [2.75, 3.05) is 44.6 Å². The maximum atomic E-state index is 12.7. The average molecular weight is 417 g/mol. The molecule has 4 heterocycles. The number of hydrogen-bond acceptors (Lipinski definition) is 8. The summed E-state index contributed by atoms with van der Waals surface area (Å²) in [5, 5.41) is 13.2. The first kappa shape index (κ1) is 20.2. The predicted molar refractivity (Wildman–Crippen MR) is 112 cm³/mol. The zero-order valence-corrected chi connectivity index (χ0v) is 17.7. The molecule has 0 aromatic carbocycles. The van der Waals surface area contributed by atoms with Crippen molar-refractivity contribution in [3.8, 4) is 0 Å². The Morgan fingerprint density at radius 3 is 2.93 bits per heavy atom. The van der Waals surface area contributed by atoms with Crippen LogP contribution in [0, 0.1) is 0 Å². The molecule has 4 rings (SSSR count). The monoisotopic (exact) mass is 416 g/mol. The summed E-state index contributed by atoms with van der Waals surface area (Å²) >= 11 is 1.53. The Morgan fingerprint density at radius 2 is 2.14 bits per heavy atom. The molecular weight excluding hydrogens is 388 g/mol. The summed E-state index contributed by atoms with van der Waals surface area (Å²) in [6, 6.07) is 5.80. The first-order valence-corrected chi connectivity index (χ1v) is 11.2. The number of carbonyl (C=O) groups excluding carboxylic acids is 1. The smallest absolute Gasteiger partial charge is 0.224 e. The van der Waals surface area contributed by atoms with E-state index in [1.165, 1.54) is 24.2 Å². The number of rotatable bonds is 7. The van der Waals surface area contributed by atoms with Gasteiger partial charge in [0, 0.05) is 19.5 Å². The van der Waals surface area contributed by atoms with Crippen molar-refractivity contribution in [2.45, 2.75) is 38.7 Å². The number of amides is 1. The molecular formula is C20H28N6O2S. The van der Waals surface area contributed by atoms with E-state index >= 15 is 0 Å². The summed E-state index contributed by atoms with van der Waals surface area (Å²) in [5.74, 6) is 0.919. The summed E-state index contributed by atoms with van der Waals surface area (Å²) in [4.78, 5) is 21.7. The SMILES string of the molecule is CCc1nnc(Nc2cccc(C3CN(C(=O)CCN4CCCC4)CCO3)n2)s1. The Balaban J connectivity index is 1.35. The van der Waals surface area contributed by atoms with Gasteiger partial charge in [-0.05, 0) is 44.5 Å². The van der Waals surface area contributed by atoms with Crippen molar-refractivity contribution in [1.82, 2.24) is 25.0 Å². The molecule has 2 aliphatic rings. The van der Waals surface area contributed by atoms with E-state index in [9.17, 15) is 4.79 Å². The zero-order valence-electron chi connectivity index (χ0n) is 16.8. The lowest BCUT2D eigenvalue weighted by Crippen LogP contribution is -2.43. The molecule has 0 spiro atoms. The van der Waals surface area contributed by atoms with E-state index in [2.05, 4.69) is 32.3 Å². The molecule has 1 N–H and O–H groups in total. The highest BCUT2D eigenvalue weighted by Gasteiger charge is 2.27. The molecule has 2 aromatic rings. The topological polar surface area (TPSA) is 83.5 Å². The fraction of sp³-hybridized carbons (Fsp3) is 0.600. The minimum absolute atomic E-state index is 0.207. The molecule has 0 bridgehead atoms. The number of ether oxygens (including phenoxy) is 1. The van der Waals surface area contributed by atoms with Crippen LogP contribution in [0.3, 0.4) is 0 Å². The summed E-state index contributed by atoms with van der Waals surface area (Å²) in [5.41, 5.74) is 0.826. The molecule has 0 saturated carbocycles. The fourth-order valence-corrected chi connectivity index (χ4v) is 4.42. The van der Waals surface area contributed by atoms with Crippen molar-refractivity contribution in [3.63, 3.8) is 0 Å². The molecule has 156 valence electrons. The lowest BCUT2D eigenvalue weighted by molar-refractivity contribution is -0.139. The van der Waals surface area contributed by atoms with Crippen LogP contribution in [0.25, 0.3) is 0 Å². The van der Waals surface area contributed by atoms with Crippen LogP contribution >= 0.6 is 11.3 Å². The third-order valence-electron chi connectivity index (χ3n) is 5.36. The molecule has 0 aliphatic carbocycles. The minimum Gasteiger partial charge on any atom is -0.368 e. The van der Waals surface area contributed by atoms with E-state index in [1.807, 2.05) is 23.1 Å². The third kappa shape index (κ3) is 5.29. The Hall–Kier alpha value is -2.10. The van der Waals surface area contributed by atoms with Crippen LogP contribution in [0.5, 0.6) is 0 Å². The van der Waals surface area contributed by atoms with Crippen LogP contribution in [-0.2, 0) is 16.0 Å². The Morgan fingerprint density at radius 1 is 1.28 bits per heavy atom. The van der Waals surface area contributed by atoms with Crippen LogP contribution in [0.4, 0.5) is 10.9 Å². The Bertz CT molecular complexity index is 823. The summed E-state index contributed by atoms with van der Waals surface area (Å²) in [7, 11) is 0. The average Bonchev–Trinajstić information content (AvgIpc) is 3.44. The van der Waals surface area contributed by atoms with Crippen LogP contribution in [0.1, 0.15) is 43.0 Å². The van der Waals surface area contributed by atoms with Crippen LogP contribution in [0.2, 0.25) is 0 Å². The summed E-state index contributed by atoms with van der Waals surface area (Å²) < 4.78 is 5.93. The van der Waals surface area contributed by atoms with Gasteiger partial charge in [-0.3, -0.25) is 4.79 Å². The Kier molecular flexibility index (Phi) is 6.68. The fourth-order valence-electron chi connectivity index (χ4n) is 3.73. The number of morpholine rings is 1. The second-order valence-electron chi connectivity index (χ2n) is 7.43. The van der Waals surface area contributed by atoms with Gasteiger partial charge in [0.15, 0.2) is 0 Å². The normalized spacial score (nSPS) is 20.2. The van der Waals surface area contributed by atoms with Gasteiger partial charge < -0.3 is 19.9 Å². The third-order valence-corrected chi connectivity index (χ3v) is 6.35. The highest BCUT2D eigenvalue weighted by Crippen LogP contribution is 2.25. The van der Waals surface area contributed by atoms with Gasteiger partial charge in [-0.1, -0.05) is 24.3 Å². The van der Waals surface area contributed by atoms with Crippen molar-refractivity contribution in [1.29, 1.82) is 0 Å². The minimum atomic E-state index is -0.207. The number of likely N-dealkylation sites (tertiary alicyclic amines) is 1. The molecule has 2 aliphatic heterocycles. The van der Waals surface area contributed by atoms with Crippen LogP contribution < -0.4 is 5.32 Å². The van der Waals surface area contributed by atoms with Gasteiger partial charge in [0.05, 0.1) is 18.8 Å². The van der Waals surface area contributed by atoms with E-state index in [0.717, 1.165) is 41.9 Å². The lowest BCUT2D eigenvalue weighted by Gasteiger charge is -2.33. The number of hydrogen-bond donors (Lipinski definition) is 1. The van der Waals surface area contributed by atoms with E-state index in [1.54, 1.807) is 0 Å². The number of anilines is 2. The highest BCUT2D eigenvalue weighted by atomic mass is 32.1. The van der Waals surface area contributed by atoms with E-state index in [-0.39, 0.29) is 12.0 Å². The van der Waals surface area contributed by atoms with Gasteiger partial charge in [-0.15, -0.1) is 10.2 Å². The van der Waals surface area contributed by atoms with Crippen molar-refractivity contribution < 1.29 is 9.53 Å². The van der Waals surface area contributed by atoms with E-state index in [4.69, 9.17) is 4.74 Å². The van der Waals surface area contributed by atoms with E-state index in [0.29, 0.717) is 31.9 Å². The van der Waals surface area contributed by atoms with Crippen LogP contribution in [-0.4, -0.2) is 70.2 Å². The number of nitrogens with one attached hydrogen (secondary N) is 1. The van der Waals surface area contributed by atoms with Gasteiger partial charge in [0.1, 0.15) is 16.9 Å². The van der Waals surface area contributed by atoms with Gasteiger partial charge in [-0.25, -0.2) is 4.98 Å². The second-order valence-corrected chi connectivity index (χ2v) is 8.49. The highest BCUT2D eigenvalue weighted by molar-refractivity contribution is 7.15. The van der Waals surface area contributed by atoms with Crippen LogP contribution in [0.15, 0.2) is 18.2 Å². The van der Waals surface area contributed by atoms with Gasteiger partial charge in [-0.2, -0.15) is 0 Å². The number of pyridine rings is 1. The second kappa shape index (κ2) is 9.60. The molecule has 9 heteroatoms. The van der Waals surface area contributed by atoms with Gasteiger partial charge in [0.25, 0.3) is 0 Å². The van der Waals surface area contributed by atoms with Gasteiger partial charge in [0.2, 0.25) is 11.0 Å². The number of carbonyl (C=O) groups is 1. The van der Waals surface area contributed by atoms with E-state index < -0.39 is 0 Å². The molecule has 8 nitrogen and oxygen atoms in total. The lowest BCUT2D eigenvalue weighted by atomic mass is 10.1. The number of aromatic nitrogens is 3. The maximum absolute atomic E-state index is 12.7. The standard InChI is InChI=1S/C20H28N6O2S/c1-2-18-23-24-20(29-18)22-17-7-5-6-15(21-17)16-14-26(12-13-28-16)19(27)8-11-25-9-3-4-10-25/h5-7,16H,2-4,8-14H2,1H3,(H,21,22,24). The van der Waals surface area contributed by atoms with Crippen molar-refractivity contribution >= 4 is 28.2 Å². The molecule has 29 heavy (non-hydrogen) atoms. The number of nitrogens with zero attached hydrogens (tertiary/aromatic N) is 5. The molecule has 0 radical (unpaired) electrons. The Labute approximate surface area is 175 Å². The molecule has 2 saturated heterocycles. The largest absolute Gasteiger partial charge is 0.368 e. The first-order chi connectivity index (χ1) is 14.2. The predicted octanol–water partition coefficient (Wildman–Crippen LogP) is 2.62. The first-order valence-electron chi connectivity index (χ1n) is 10.4. The van der Waals surface area contributed by atoms with Gasteiger partial charge >= 0.3 is 0 Å². The molecule has 2 fully saturated rings. The quantitative estimate of drug-likeness (QED) is 0.743. The van der Waals surface area contributed by atoms with Crippen molar-refractivity contribution in [3.05, 3.63) is 28.9 Å². The molecule has 2 aromatic heterocycles. The molecule has 1 unspecified atom stereocenters. The molecule has 1 amide bonds. The van der Waals surface area contributed by atoms with Crippen molar-refractivity contribution in [2.24, 2.45) is 0 Å². The zero-order chi connectivity index (χ0) is 20.1. The number of aryl methyl sites for hydroxylation is 1. The molecule has 1 atom stereocenters. The maximum Gasteiger partial charge on any atom is 0.224 e. The summed E-state index contributed by atoms with van der Waals surface area (Å²) in [6.07, 6.45) is 3.74.